The van der Waals surface area contributed by atoms with E-state index in [1.807, 2.05) is 80.5 Å². The molecule has 8 rings (SSSR count). The third kappa shape index (κ3) is 14.1. The number of hydrogen-bond acceptors (Lipinski definition) is 18. The van der Waals surface area contributed by atoms with Gasteiger partial charge in [0.1, 0.15) is 18.3 Å². The molecule has 1 aromatic heterocycles. The monoisotopic (exact) mass is 1350 g/mol. The van der Waals surface area contributed by atoms with Gasteiger partial charge in [-0.25, -0.2) is 4.98 Å². The molecule has 30 heteroatoms. The van der Waals surface area contributed by atoms with Crippen molar-refractivity contribution in [2.24, 2.45) is 94.7 Å². The van der Waals surface area contributed by atoms with E-state index in [0.29, 0.717) is 56.4 Å². The number of aliphatic hydroxyl groups excluding tert-OH is 2. The van der Waals surface area contributed by atoms with E-state index >= 15 is 0 Å². The van der Waals surface area contributed by atoms with Crippen LogP contribution in [0.15, 0.2) is 67.8 Å². The van der Waals surface area contributed by atoms with Gasteiger partial charge >= 0.3 is 16.8 Å². The Kier molecular flexibility index (Phi) is 22.5. The Hall–Kier alpha value is -6.53. The molecular weight excluding hydrogens is 1260 g/mol. The molecule has 0 aliphatic carbocycles. The van der Waals surface area contributed by atoms with Crippen LogP contribution in [0.5, 0.6) is 0 Å². The number of aliphatic hydroxyl groups is 2. The van der Waals surface area contributed by atoms with E-state index in [9.17, 15) is 53.2 Å². The van der Waals surface area contributed by atoms with Gasteiger partial charge in [-0.2, -0.15) is 5.70 Å². The number of benzene rings is 1. The number of nitrogens with two attached hydrogens (primary N) is 6. The second-order valence-electron chi connectivity index (χ2n) is 27.0. The summed E-state index contributed by atoms with van der Waals surface area (Å²) >= 11 is 0. The van der Waals surface area contributed by atoms with E-state index in [-0.39, 0.29) is 99.4 Å². The van der Waals surface area contributed by atoms with Crippen molar-refractivity contribution in [2.75, 3.05) is 13.2 Å². The van der Waals surface area contributed by atoms with Crippen molar-refractivity contribution in [1.29, 1.82) is 0 Å². The van der Waals surface area contributed by atoms with Gasteiger partial charge in [0.05, 0.1) is 41.3 Å². The largest absolute Gasteiger partial charge is 2.00 e. The Balaban J connectivity index is 0.00000672. The molecule has 507 valence electrons. The number of aromatic nitrogens is 2. The number of phosphoric ester groups is 1. The molecule has 28 nitrogen and oxygen atoms in total. The Morgan fingerprint density at radius 3 is 1.96 bits per heavy atom. The number of ether oxygens (including phenoxy) is 1. The molecule has 15 unspecified atom stereocenters. The number of allylic oxidation sites excluding steroid dienone is 6. The topological polar surface area (TPSA) is 496 Å². The normalized spacial score (nSPS) is 32.7. The second kappa shape index (κ2) is 27.8. The van der Waals surface area contributed by atoms with Gasteiger partial charge in [-0.1, -0.05) is 40.7 Å². The number of carbonyl (C=O) groups excluding carboxylic acids is 7. The molecule has 92 heavy (non-hydrogen) atoms. The van der Waals surface area contributed by atoms with E-state index in [1.165, 1.54) is 17.8 Å². The number of amides is 7. The number of fused-ring (bicyclic) bond motifs is 7. The van der Waals surface area contributed by atoms with Gasteiger partial charge in [0.2, 0.25) is 41.4 Å². The Morgan fingerprint density at radius 2 is 1.38 bits per heavy atom. The fraction of sp³-hybridized carbons (Fsp3) is 0.629. The molecule has 6 aliphatic heterocycles. The van der Waals surface area contributed by atoms with Gasteiger partial charge in [-0.15, -0.1) is 0 Å². The number of primary amides is 6. The second-order valence-corrected chi connectivity index (χ2v) is 28.3. The van der Waals surface area contributed by atoms with Crippen LogP contribution in [0.4, 0.5) is 0 Å². The summed E-state index contributed by atoms with van der Waals surface area (Å²) in [6.07, 6.45) is -4.79. The third-order valence-corrected chi connectivity index (χ3v) is 21.6. The van der Waals surface area contributed by atoms with Gasteiger partial charge in [-0.3, -0.25) is 53.1 Å². The number of phosphoric acid groups is 1. The Bertz CT molecular complexity index is 3550. The molecule has 0 spiro atoms. The summed E-state index contributed by atoms with van der Waals surface area (Å²) in [5, 5.41) is 30.1. The van der Waals surface area contributed by atoms with Crippen LogP contribution in [0.25, 0.3) is 16.4 Å². The fourth-order valence-corrected chi connectivity index (χ4v) is 16.4. The maximum atomic E-state index is 14.4. The van der Waals surface area contributed by atoms with Crippen LogP contribution in [0.3, 0.4) is 0 Å². The van der Waals surface area contributed by atoms with E-state index in [0.717, 1.165) is 11.1 Å². The zero-order chi connectivity index (χ0) is 66.7. The molecule has 6 aliphatic rings. The molecule has 15 atom stereocenters. The van der Waals surface area contributed by atoms with Crippen LogP contribution < -0.4 is 44.6 Å². The van der Waals surface area contributed by atoms with Gasteiger partial charge in [0.15, 0.2) is 6.23 Å². The minimum Gasteiger partial charge on any atom is -0.756 e. The smallest absolute Gasteiger partial charge is 0.756 e. The summed E-state index contributed by atoms with van der Waals surface area (Å²) in [6.45, 7) is 19.0. The molecule has 2 aromatic rings. The molecular formula is C62H90CoN13O15P. The van der Waals surface area contributed by atoms with Crippen molar-refractivity contribution < 1.29 is 89.3 Å². The number of nitrogens with zero attached hydrogens (tertiary/aromatic N) is 6. The van der Waals surface area contributed by atoms with Crippen molar-refractivity contribution in [3.05, 3.63) is 69.2 Å². The predicted molar refractivity (Wildman–Crippen MR) is 335 cm³/mol. The first-order chi connectivity index (χ1) is 41.8. The first kappa shape index (κ1) is 74.5. The zero-order valence-corrected chi connectivity index (χ0v) is 55.9. The predicted octanol–water partition coefficient (Wildman–Crippen LogP) is 2.49. The minimum atomic E-state index is -5.32. The van der Waals surface area contributed by atoms with Crippen molar-refractivity contribution in [3.63, 3.8) is 0 Å². The maximum Gasteiger partial charge on any atom is 2.00 e. The summed E-state index contributed by atoms with van der Waals surface area (Å²) in [5.74, 6) is -7.40. The summed E-state index contributed by atoms with van der Waals surface area (Å²) in [5.41, 5.74) is 36.7. The van der Waals surface area contributed by atoms with Crippen molar-refractivity contribution >= 4 is 77.3 Å². The van der Waals surface area contributed by atoms with E-state index < -0.39 is 143 Å². The number of aryl methyl sites for hydroxylation is 2. The number of rotatable bonds is 26. The van der Waals surface area contributed by atoms with Crippen LogP contribution in [-0.2, 0) is 68.7 Å². The van der Waals surface area contributed by atoms with Gasteiger partial charge in [0.25, 0.3) is 7.82 Å². The average molecular weight is 1350 g/mol. The standard InChI is InChI=1S/C62H90N13O14P.Co.H2O/c1-29-20-39-40(21-30(29)2)75(28-70-39)57-52(84)53(41(27-76)87-57)89-90(85,86)88-31(3)26-69-49(83)18-19-59(8)37(22-46(66)80)56-62(11)61(10,25-48(68)82)36(14-17-45(65)79)51(74-62)33(5)55-60(9,24-47(67)81)34(12-15-43(63)77)38(71-55)23-42-58(6,7)35(13-16-44(64)78)50(72-42)32(4)54(59)73-56;;/h20-21,23,28,31,34-37,41,52-53,56-57,76,84H,12-19,22,24-27H2,1-11H3,(H15,63,64,65,66,67,68,69,71,72,73,74,77,78,79,80,81,82,83,85,86);;1H2/q;+2;/p-2. The molecule has 2 saturated heterocycles. The third-order valence-electron chi connectivity index (χ3n) is 20.5. The quantitative estimate of drug-likeness (QED) is 0.0611. The SMILES string of the molecule is CC1=C2N=C(/C=C3N=C(/C(C)=C4\[N-]C(C(CC(N)=O)C4(C)CCC(=O)NCC(C)OP(=O)([O-])OC4C(CO)OC(n5cnc6cc(C)c(C)cc65)C4O)C4(C)N=C1C(CCC(N)=O)C4(C)CC(N)=O)C(CCC(N)=O)C\3(C)C)C(CCC(N)=O)C2(C)CC(N)=O.O.[Co+2]. The van der Waals surface area contributed by atoms with Crippen LogP contribution in [0.1, 0.15) is 150 Å². The minimum absolute atomic E-state index is 0. The van der Waals surface area contributed by atoms with Gasteiger partial charge in [0, 0.05) is 108 Å². The van der Waals surface area contributed by atoms with E-state index in [4.69, 9.17) is 68.5 Å². The maximum absolute atomic E-state index is 14.4. The Labute approximate surface area is 545 Å². The summed E-state index contributed by atoms with van der Waals surface area (Å²) < 4.78 is 31.9. The molecule has 7 amide bonds. The zero-order valence-electron chi connectivity index (χ0n) is 54.0. The molecule has 2 fully saturated rings. The van der Waals surface area contributed by atoms with E-state index in [1.54, 1.807) is 6.92 Å². The van der Waals surface area contributed by atoms with E-state index in [2.05, 4.69) is 10.3 Å². The molecule has 1 radical (unpaired) electrons. The van der Waals surface area contributed by atoms with Gasteiger partial charge < -0.3 is 84.0 Å². The van der Waals surface area contributed by atoms with Crippen LogP contribution in [0, 0.1) is 59.2 Å². The number of nitrogens with one attached hydrogen (secondary N) is 1. The summed E-state index contributed by atoms with van der Waals surface area (Å²) in [7, 11) is -5.32. The first-order valence-corrected chi connectivity index (χ1v) is 32.0. The number of hydrogen-bond donors (Lipinski definition) is 9. The fourth-order valence-electron chi connectivity index (χ4n) is 15.3. The average Bonchev–Trinajstić information content (AvgIpc) is 1.53. The van der Waals surface area contributed by atoms with Crippen molar-refractivity contribution in [1.82, 2.24) is 14.9 Å². The molecule has 8 bridgehead atoms. The van der Waals surface area contributed by atoms with Crippen molar-refractivity contribution in [2.45, 2.75) is 189 Å². The summed E-state index contributed by atoms with van der Waals surface area (Å²) in [6, 6.07) is 2.65. The number of imidazole rings is 1. The van der Waals surface area contributed by atoms with Crippen molar-refractivity contribution in [3.8, 4) is 0 Å². The van der Waals surface area contributed by atoms with Crippen LogP contribution in [-0.4, -0.2) is 133 Å². The Morgan fingerprint density at radius 1 is 0.793 bits per heavy atom. The number of carbonyl (C=O) groups is 7. The summed E-state index contributed by atoms with van der Waals surface area (Å²) in [4.78, 5) is 128. The van der Waals surface area contributed by atoms with Crippen LogP contribution in [0.2, 0.25) is 0 Å². The number of aliphatic imine (C=N–C) groups is 3. The molecule has 17 N–H and O–H groups in total. The molecule has 0 saturated carbocycles. The first-order valence-electron chi connectivity index (χ1n) is 30.5. The molecule has 1 aromatic carbocycles. The van der Waals surface area contributed by atoms with Gasteiger partial charge in [-0.05, 0) is 119 Å². The van der Waals surface area contributed by atoms with Crippen LogP contribution >= 0.6 is 7.82 Å². The molecule has 7 heterocycles.